The minimum Gasteiger partial charge on any atom is -0.462 e. The van der Waals surface area contributed by atoms with Crippen LogP contribution < -0.4 is 0 Å². The summed E-state index contributed by atoms with van der Waals surface area (Å²) in [4.78, 5) is 38.4. The van der Waals surface area contributed by atoms with E-state index in [0.29, 0.717) is 19.3 Å². The van der Waals surface area contributed by atoms with Crippen molar-refractivity contribution >= 4 is 17.9 Å². The summed E-state index contributed by atoms with van der Waals surface area (Å²) < 4.78 is 16.9. The van der Waals surface area contributed by atoms with Gasteiger partial charge in [-0.3, -0.25) is 14.4 Å². The van der Waals surface area contributed by atoms with Crippen LogP contribution in [0.4, 0.5) is 0 Å². The maximum Gasteiger partial charge on any atom is 0.306 e. The lowest BCUT2D eigenvalue weighted by atomic mass is 10.1. The van der Waals surface area contributed by atoms with Crippen molar-refractivity contribution in [2.45, 2.75) is 271 Å². The first-order valence-corrected chi connectivity index (χ1v) is 32.6. The highest BCUT2D eigenvalue weighted by atomic mass is 16.6. The Morgan fingerprint density at radius 3 is 0.691 bits per heavy atom. The summed E-state index contributed by atoms with van der Waals surface area (Å²) in [6.07, 6.45) is 99.2. The first-order chi connectivity index (χ1) is 40.0. The van der Waals surface area contributed by atoms with Gasteiger partial charge in [-0.2, -0.15) is 0 Å². The number of rotatable bonds is 57. The van der Waals surface area contributed by atoms with Gasteiger partial charge in [0.15, 0.2) is 6.10 Å². The number of carbonyl (C=O) groups excluding carboxylic acids is 3. The first kappa shape index (κ1) is 75.8. The largest absolute Gasteiger partial charge is 0.462 e. The molecule has 0 saturated heterocycles. The fourth-order valence-electron chi connectivity index (χ4n) is 8.43. The summed E-state index contributed by atoms with van der Waals surface area (Å²) in [5.74, 6) is -0.953. The van der Waals surface area contributed by atoms with Crippen LogP contribution in [0.3, 0.4) is 0 Å². The molecular formula is C75H118O6. The predicted octanol–water partition coefficient (Wildman–Crippen LogP) is 22.7. The molecule has 6 heteroatoms. The molecule has 0 aliphatic carbocycles. The molecule has 0 rings (SSSR count). The third-order valence-electron chi connectivity index (χ3n) is 13.2. The van der Waals surface area contributed by atoms with Crippen LogP contribution in [0.2, 0.25) is 0 Å². The Balaban J connectivity index is 4.52. The molecule has 0 spiro atoms. The van der Waals surface area contributed by atoms with Crippen LogP contribution in [0.5, 0.6) is 0 Å². The van der Waals surface area contributed by atoms with Crippen LogP contribution in [0.15, 0.2) is 170 Å². The third-order valence-corrected chi connectivity index (χ3v) is 13.2. The van der Waals surface area contributed by atoms with E-state index >= 15 is 0 Å². The highest BCUT2D eigenvalue weighted by Gasteiger charge is 2.19. The molecule has 0 aliphatic heterocycles. The van der Waals surface area contributed by atoms with Gasteiger partial charge in [0.1, 0.15) is 13.2 Å². The second-order valence-corrected chi connectivity index (χ2v) is 20.9. The maximum atomic E-state index is 12.9. The first-order valence-electron chi connectivity index (χ1n) is 32.6. The Labute approximate surface area is 498 Å². The molecule has 1 unspecified atom stereocenters. The van der Waals surface area contributed by atoms with Crippen molar-refractivity contribution in [1.82, 2.24) is 0 Å². The molecule has 0 aromatic heterocycles. The Bertz CT molecular complexity index is 1860. The summed E-state index contributed by atoms with van der Waals surface area (Å²) in [5.41, 5.74) is 0. The molecule has 0 aromatic carbocycles. The predicted molar refractivity (Wildman–Crippen MR) is 352 cm³/mol. The van der Waals surface area contributed by atoms with Gasteiger partial charge in [0.05, 0.1) is 0 Å². The smallest absolute Gasteiger partial charge is 0.306 e. The molecule has 0 N–H and O–H groups in total. The Morgan fingerprint density at radius 1 is 0.247 bits per heavy atom. The van der Waals surface area contributed by atoms with Crippen molar-refractivity contribution in [2.24, 2.45) is 0 Å². The third kappa shape index (κ3) is 65.5. The molecule has 0 heterocycles. The van der Waals surface area contributed by atoms with Crippen LogP contribution in [-0.4, -0.2) is 37.2 Å². The van der Waals surface area contributed by atoms with Gasteiger partial charge in [0, 0.05) is 19.3 Å². The van der Waals surface area contributed by atoms with E-state index in [9.17, 15) is 14.4 Å². The molecule has 1 atom stereocenters. The summed E-state index contributed by atoms with van der Waals surface area (Å²) in [6, 6.07) is 0. The van der Waals surface area contributed by atoms with Crippen molar-refractivity contribution in [3.63, 3.8) is 0 Å². The van der Waals surface area contributed by atoms with Crippen molar-refractivity contribution in [3.8, 4) is 0 Å². The summed E-state index contributed by atoms with van der Waals surface area (Å²) >= 11 is 0. The summed E-state index contributed by atoms with van der Waals surface area (Å²) in [7, 11) is 0. The van der Waals surface area contributed by atoms with Gasteiger partial charge >= 0.3 is 17.9 Å². The molecule has 6 nitrogen and oxygen atoms in total. The lowest BCUT2D eigenvalue weighted by molar-refractivity contribution is -0.167. The van der Waals surface area contributed by atoms with Crippen LogP contribution in [0, 0.1) is 0 Å². The quantitative estimate of drug-likeness (QED) is 0.0261. The van der Waals surface area contributed by atoms with Gasteiger partial charge in [-0.05, 0) is 148 Å². The average molecular weight is 1120 g/mol. The molecule has 0 radical (unpaired) electrons. The normalized spacial score (nSPS) is 13.3. The molecular weight excluding hydrogens is 997 g/mol. The van der Waals surface area contributed by atoms with Crippen molar-refractivity contribution in [3.05, 3.63) is 170 Å². The molecule has 81 heavy (non-hydrogen) atoms. The molecule has 454 valence electrons. The number of esters is 3. The minimum absolute atomic E-state index is 0.105. The Kier molecular flexibility index (Phi) is 62.9. The number of hydrogen-bond donors (Lipinski definition) is 0. The lowest BCUT2D eigenvalue weighted by Gasteiger charge is -2.18. The molecule has 0 amide bonds. The Morgan fingerprint density at radius 2 is 0.444 bits per heavy atom. The monoisotopic (exact) mass is 1110 g/mol. The fraction of sp³-hybridized carbons (Fsp3) is 0.587. The number of hydrogen-bond acceptors (Lipinski definition) is 6. The van der Waals surface area contributed by atoms with Crippen molar-refractivity contribution in [1.29, 1.82) is 0 Å². The van der Waals surface area contributed by atoms with Gasteiger partial charge in [0.25, 0.3) is 0 Å². The SMILES string of the molecule is CC/C=C\C/C=C\C/C=C\C/C=C\C/C=C\CCCCCCCC(=O)OCC(COC(=O)CCCCCCCCCC/C=C\C/C=C\C/C=C\C/C=C\CC)OC(=O)CCCCCCC/C=C\C/C=C\C/C=C\C/C=C\C/C=C\CC. The van der Waals surface area contributed by atoms with E-state index in [1.54, 1.807) is 0 Å². The van der Waals surface area contributed by atoms with Crippen LogP contribution in [0.1, 0.15) is 265 Å². The van der Waals surface area contributed by atoms with Crippen LogP contribution in [0.25, 0.3) is 0 Å². The standard InChI is InChI=1S/C75H118O6/c1-4-7-10-13-16-19-22-25-28-31-34-37-40-43-46-49-52-55-58-61-64-67-73(76)79-70-72(81-75(78)69-66-63-60-57-54-51-48-45-42-39-36-33-30-27-24-21-18-15-12-9-6-3)71-80-74(77)68-65-62-59-56-53-50-47-44-41-38-35-32-29-26-23-20-17-14-11-8-5-2/h7-12,16-21,25-30,34-39,43,45-46,48,72H,4-6,13-15,22-24,31-33,40-42,44,47,49-71H2,1-3H3/b10-7-,11-8-,12-9-,19-16-,20-17-,21-18-,28-25-,29-26-,30-27-,37-34-,38-35-,39-36-,46-43-,48-45-. The zero-order valence-corrected chi connectivity index (χ0v) is 52.0. The van der Waals surface area contributed by atoms with Crippen LogP contribution >= 0.6 is 0 Å². The zero-order valence-electron chi connectivity index (χ0n) is 52.0. The zero-order chi connectivity index (χ0) is 58.5. The van der Waals surface area contributed by atoms with E-state index < -0.39 is 6.10 Å². The van der Waals surface area contributed by atoms with Crippen LogP contribution in [-0.2, 0) is 28.6 Å². The van der Waals surface area contributed by atoms with Gasteiger partial charge in [-0.25, -0.2) is 0 Å². The number of allylic oxidation sites excluding steroid dienone is 28. The highest BCUT2D eigenvalue weighted by Crippen LogP contribution is 2.14. The van der Waals surface area contributed by atoms with E-state index in [-0.39, 0.29) is 31.1 Å². The van der Waals surface area contributed by atoms with Gasteiger partial charge in [-0.1, -0.05) is 268 Å². The van der Waals surface area contributed by atoms with E-state index in [1.165, 1.54) is 32.1 Å². The second kappa shape index (κ2) is 67.3. The number of ether oxygens (including phenoxy) is 3. The average Bonchev–Trinajstić information content (AvgIpc) is 3.47. The van der Waals surface area contributed by atoms with E-state index in [4.69, 9.17) is 14.2 Å². The molecule has 0 aromatic rings. The maximum absolute atomic E-state index is 12.9. The summed E-state index contributed by atoms with van der Waals surface area (Å²) in [6.45, 7) is 6.26. The number of unbranched alkanes of at least 4 members (excludes halogenated alkanes) is 18. The van der Waals surface area contributed by atoms with Gasteiger partial charge < -0.3 is 14.2 Å². The molecule has 0 saturated carbocycles. The van der Waals surface area contributed by atoms with Crippen molar-refractivity contribution < 1.29 is 28.6 Å². The van der Waals surface area contributed by atoms with Gasteiger partial charge in [0.2, 0.25) is 0 Å². The Hall–Kier alpha value is -5.23. The molecule has 0 aliphatic rings. The van der Waals surface area contributed by atoms with E-state index in [0.717, 1.165) is 193 Å². The lowest BCUT2D eigenvalue weighted by Crippen LogP contribution is -2.30. The highest BCUT2D eigenvalue weighted by molar-refractivity contribution is 5.71. The molecule has 0 bridgehead atoms. The van der Waals surface area contributed by atoms with E-state index in [2.05, 4.69) is 191 Å². The van der Waals surface area contributed by atoms with E-state index in [1.807, 2.05) is 0 Å². The second-order valence-electron chi connectivity index (χ2n) is 20.9. The number of carbonyl (C=O) groups is 3. The topological polar surface area (TPSA) is 78.9 Å². The molecule has 0 fully saturated rings. The van der Waals surface area contributed by atoms with Crippen molar-refractivity contribution in [2.75, 3.05) is 13.2 Å². The summed E-state index contributed by atoms with van der Waals surface area (Å²) in [5, 5.41) is 0. The minimum atomic E-state index is -0.812. The van der Waals surface area contributed by atoms with Gasteiger partial charge in [-0.15, -0.1) is 0 Å². The fourth-order valence-corrected chi connectivity index (χ4v) is 8.43.